The SMILES string of the molecule is CC1(C)c2ccc(-c3cccc(-c4cccc(-c5ccc6c7ccccc7c7ccccc7c6c5)c4)c3)cc2-c2ccc3c4ccccc4c4ccccc4c3c21. The molecule has 0 saturated carbocycles. The van der Waals surface area contributed by atoms with Crippen molar-refractivity contribution in [3.63, 3.8) is 0 Å². The molecule has 1 aliphatic carbocycles. The molecule has 57 heavy (non-hydrogen) atoms. The van der Waals surface area contributed by atoms with Gasteiger partial charge in [-0.15, -0.1) is 0 Å². The van der Waals surface area contributed by atoms with Crippen molar-refractivity contribution in [2.24, 2.45) is 0 Å². The molecule has 0 fully saturated rings. The maximum atomic E-state index is 2.44. The Kier molecular flexibility index (Phi) is 6.78. The van der Waals surface area contributed by atoms with Gasteiger partial charge < -0.3 is 0 Å². The molecule has 0 heteroatoms. The summed E-state index contributed by atoms with van der Waals surface area (Å²) in [5.41, 5.74) is 12.8. The van der Waals surface area contributed by atoms with Crippen LogP contribution in [0, 0.1) is 0 Å². The van der Waals surface area contributed by atoms with Crippen molar-refractivity contribution in [2.75, 3.05) is 0 Å². The van der Waals surface area contributed by atoms with Gasteiger partial charge in [-0.3, -0.25) is 0 Å². The number of hydrogen-bond donors (Lipinski definition) is 0. The predicted octanol–water partition coefficient (Wildman–Crippen LogP) is 15.9. The van der Waals surface area contributed by atoms with E-state index in [0.717, 1.165) is 0 Å². The summed E-state index contributed by atoms with van der Waals surface area (Å²) in [4.78, 5) is 0. The molecule has 0 aliphatic heterocycles. The van der Waals surface area contributed by atoms with Gasteiger partial charge in [0, 0.05) is 5.41 Å². The first kappa shape index (κ1) is 32.2. The van der Waals surface area contributed by atoms with E-state index in [2.05, 4.69) is 208 Å². The molecule has 0 unspecified atom stereocenters. The minimum absolute atomic E-state index is 0.141. The zero-order chi connectivity index (χ0) is 37.8. The number of fused-ring (bicyclic) bond motifs is 16. The Hall–Kier alpha value is -7.02. The lowest BCUT2D eigenvalue weighted by Gasteiger charge is -2.24. The highest BCUT2D eigenvalue weighted by Gasteiger charge is 2.37. The summed E-state index contributed by atoms with van der Waals surface area (Å²) < 4.78 is 0. The van der Waals surface area contributed by atoms with E-state index in [1.807, 2.05) is 0 Å². The van der Waals surface area contributed by atoms with Crippen LogP contribution in [0.25, 0.3) is 109 Å². The lowest BCUT2D eigenvalue weighted by Crippen LogP contribution is -2.15. The number of hydrogen-bond acceptors (Lipinski definition) is 0. The van der Waals surface area contributed by atoms with Crippen molar-refractivity contribution in [2.45, 2.75) is 19.3 Å². The highest BCUT2D eigenvalue weighted by Crippen LogP contribution is 2.54. The van der Waals surface area contributed by atoms with E-state index in [-0.39, 0.29) is 5.41 Å². The average molecular weight is 723 g/mol. The van der Waals surface area contributed by atoms with E-state index in [1.165, 1.54) is 120 Å². The van der Waals surface area contributed by atoms with Gasteiger partial charge in [0.05, 0.1) is 0 Å². The topological polar surface area (TPSA) is 0 Å². The third kappa shape index (κ3) is 4.68. The smallest absolute Gasteiger partial charge is 0.0165 e. The summed E-state index contributed by atoms with van der Waals surface area (Å²) in [7, 11) is 0. The first-order valence-corrected chi connectivity index (χ1v) is 20.1. The van der Waals surface area contributed by atoms with Crippen LogP contribution in [-0.4, -0.2) is 0 Å². The fraction of sp³-hybridized carbons (Fsp3) is 0.0526. The van der Waals surface area contributed by atoms with Crippen LogP contribution in [0.1, 0.15) is 25.0 Å². The Bertz CT molecular complexity index is 3420. The molecule has 0 N–H and O–H groups in total. The van der Waals surface area contributed by atoms with Crippen molar-refractivity contribution in [3.05, 3.63) is 205 Å². The first-order valence-electron chi connectivity index (χ1n) is 20.1. The number of benzene rings is 11. The van der Waals surface area contributed by atoms with Gasteiger partial charge in [0.2, 0.25) is 0 Å². The van der Waals surface area contributed by atoms with Gasteiger partial charge in [0.1, 0.15) is 0 Å². The van der Waals surface area contributed by atoms with E-state index in [9.17, 15) is 0 Å². The molecular formula is C57H38. The molecular weight excluding hydrogens is 685 g/mol. The van der Waals surface area contributed by atoms with Crippen LogP contribution >= 0.6 is 0 Å². The Morgan fingerprint density at radius 2 is 0.632 bits per heavy atom. The molecule has 0 radical (unpaired) electrons. The standard InChI is InChI=1S/C57H38/c1-57(2)54-30-26-40(34-53(54)51-29-28-50-46-22-7-5-20-44(46)45-21-9-10-24-49(45)55(50)56(51)57)38-16-12-14-36(32-38)35-13-11-15-37(31-35)39-25-27-48-43-19-4-3-17-41(43)42-18-6-8-23-47(42)52(48)33-39/h3-34H,1-2H3. The van der Waals surface area contributed by atoms with Crippen LogP contribution in [0.3, 0.4) is 0 Å². The second-order valence-corrected chi connectivity index (χ2v) is 16.4. The van der Waals surface area contributed by atoms with Gasteiger partial charge in [-0.25, -0.2) is 0 Å². The largest absolute Gasteiger partial charge is 0.0616 e. The highest BCUT2D eigenvalue weighted by atomic mass is 14.4. The first-order chi connectivity index (χ1) is 28.0. The van der Waals surface area contributed by atoms with E-state index in [4.69, 9.17) is 0 Å². The van der Waals surface area contributed by atoms with Crippen molar-refractivity contribution in [1.29, 1.82) is 0 Å². The van der Waals surface area contributed by atoms with Gasteiger partial charge in [-0.05, 0) is 145 Å². The fourth-order valence-corrected chi connectivity index (χ4v) is 10.3. The molecule has 0 nitrogen and oxygen atoms in total. The quantitative estimate of drug-likeness (QED) is 0.159. The molecule has 0 atom stereocenters. The minimum Gasteiger partial charge on any atom is -0.0616 e. The van der Waals surface area contributed by atoms with Crippen molar-refractivity contribution >= 4 is 64.6 Å². The zero-order valence-corrected chi connectivity index (χ0v) is 32.0. The van der Waals surface area contributed by atoms with Crippen molar-refractivity contribution < 1.29 is 0 Å². The summed E-state index contributed by atoms with van der Waals surface area (Å²) in [5, 5.41) is 15.8. The Labute approximate surface area is 332 Å². The lowest BCUT2D eigenvalue weighted by molar-refractivity contribution is 0.667. The average Bonchev–Trinajstić information content (AvgIpc) is 3.51. The molecule has 11 aromatic rings. The lowest BCUT2D eigenvalue weighted by atomic mass is 9.78. The van der Waals surface area contributed by atoms with Crippen LogP contribution in [0.2, 0.25) is 0 Å². The van der Waals surface area contributed by atoms with Gasteiger partial charge >= 0.3 is 0 Å². The van der Waals surface area contributed by atoms with Gasteiger partial charge in [-0.1, -0.05) is 184 Å². The fourth-order valence-electron chi connectivity index (χ4n) is 10.3. The Balaban J connectivity index is 0.960. The van der Waals surface area contributed by atoms with Gasteiger partial charge in [-0.2, -0.15) is 0 Å². The van der Waals surface area contributed by atoms with Gasteiger partial charge in [0.15, 0.2) is 0 Å². The molecule has 0 spiro atoms. The molecule has 0 bridgehead atoms. The molecule has 1 aliphatic rings. The van der Waals surface area contributed by atoms with E-state index < -0.39 is 0 Å². The maximum absolute atomic E-state index is 2.44. The molecule has 0 heterocycles. The normalized spacial score (nSPS) is 13.2. The van der Waals surface area contributed by atoms with Gasteiger partial charge in [0.25, 0.3) is 0 Å². The summed E-state index contributed by atoms with van der Waals surface area (Å²) in [6.45, 7) is 4.82. The van der Waals surface area contributed by atoms with Crippen LogP contribution in [0.4, 0.5) is 0 Å². The van der Waals surface area contributed by atoms with Crippen LogP contribution < -0.4 is 0 Å². The third-order valence-electron chi connectivity index (χ3n) is 13.0. The highest BCUT2D eigenvalue weighted by molar-refractivity contribution is 6.28. The number of rotatable bonds is 3. The summed E-state index contributed by atoms with van der Waals surface area (Å²) in [6.07, 6.45) is 0. The van der Waals surface area contributed by atoms with Crippen LogP contribution in [0.5, 0.6) is 0 Å². The van der Waals surface area contributed by atoms with E-state index in [0.29, 0.717) is 0 Å². The van der Waals surface area contributed by atoms with Crippen LogP contribution in [-0.2, 0) is 5.41 Å². The summed E-state index contributed by atoms with van der Waals surface area (Å²) in [5.74, 6) is 0. The molecule has 0 amide bonds. The van der Waals surface area contributed by atoms with Crippen LogP contribution in [0.15, 0.2) is 194 Å². The second kappa shape index (κ2) is 12.0. The zero-order valence-electron chi connectivity index (χ0n) is 32.0. The molecule has 0 saturated heterocycles. The second-order valence-electron chi connectivity index (χ2n) is 16.4. The minimum atomic E-state index is -0.141. The Morgan fingerprint density at radius 1 is 0.263 bits per heavy atom. The van der Waals surface area contributed by atoms with Crippen molar-refractivity contribution in [3.8, 4) is 44.5 Å². The van der Waals surface area contributed by atoms with E-state index >= 15 is 0 Å². The molecule has 11 aromatic carbocycles. The predicted molar refractivity (Wildman–Crippen MR) is 245 cm³/mol. The maximum Gasteiger partial charge on any atom is 0.0165 e. The molecule has 266 valence electrons. The summed E-state index contributed by atoms with van der Waals surface area (Å²) in [6, 6.07) is 72.5. The summed E-state index contributed by atoms with van der Waals surface area (Å²) >= 11 is 0. The molecule has 12 rings (SSSR count). The van der Waals surface area contributed by atoms with Crippen molar-refractivity contribution in [1.82, 2.24) is 0 Å². The molecule has 0 aromatic heterocycles. The third-order valence-corrected chi connectivity index (χ3v) is 13.0. The Morgan fingerprint density at radius 3 is 1.16 bits per heavy atom. The monoisotopic (exact) mass is 722 g/mol. The van der Waals surface area contributed by atoms with E-state index in [1.54, 1.807) is 0 Å².